The van der Waals surface area contributed by atoms with Gasteiger partial charge in [-0.25, -0.2) is 19.9 Å². The molecule has 4 aromatic heterocycles. The molecule has 0 aliphatic rings. The van der Waals surface area contributed by atoms with Gasteiger partial charge in [0.25, 0.3) is 0 Å². The normalized spacial score (nSPS) is 11.7. The second kappa shape index (κ2) is 13.8. The number of hydrogen-bond donors (Lipinski definition) is 0. The van der Waals surface area contributed by atoms with Crippen molar-refractivity contribution in [1.82, 2.24) is 19.9 Å². The van der Waals surface area contributed by atoms with Crippen molar-refractivity contribution in [2.24, 2.45) is 0 Å². The van der Waals surface area contributed by atoms with Crippen LogP contribution in [-0.4, -0.2) is 19.9 Å². The summed E-state index contributed by atoms with van der Waals surface area (Å²) in [5.74, 6) is 0. The average Bonchev–Trinajstić information content (AvgIpc) is 3.32. The van der Waals surface area contributed by atoms with Gasteiger partial charge in [-0.1, -0.05) is 158 Å². The molecule has 4 heterocycles. The van der Waals surface area contributed by atoms with E-state index in [0.717, 1.165) is 105 Å². The molecular formula is C56H34N4. The average molecular weight is 763 g/mol. The van der Waals surface area contributed by atoms with Gasteiger partial charge < -0.3 is 0 Å². The van der Waals surface area contributed by atoms with Gasteiger partial charge in [0.05, 0.1) is 44.8 Å². The monoisotopic (exact) mass is 762 g/mol. The van der Waals surface area contributed by atoms with Crippen molar-refractivity contribution in [3.63, 3.8) is 0 Å². The summed E-state index contributed by atoms with van der Waals surface area (Å²) < 4.78 is 0. The first-order chi connectivity index (χ1) is 29.7. The molecule has 0 spiro atoms. The molecule has 0 saturated carbocycles. The summed E-state index contributed by atoms with van der Waals surface area (Å²) in [5, 5.41) is 9.13. The van der Waals surface area contributed by atoms with E-state index >= 15 is 0 Å². The van der Waals surface area contributed by atoms with Gasteiger partial charge in [-0.15, -0.1) is 0 Å². The number of benzene rings is 8. The summed E-state index contributed by atoms with van der Waals surface area (Å²) in [5.41, 5.74) is 14.1. The number of pyridine rings is 4. The van der Waals surface area contributed by atoms with Gasteiger partial charge in [-0.3, -0.25) is 0 Å². The van der Waals surface area contributed by atoms with Crippen LogP contribution in [0.1, 0.15) is 0 Å². The van der Waals surface area contributed by atoms with Gasteiger partial charge in [0.1, 0.15) is 0 Å². The molecule has 8 aromatic carbocycles. The van der Waals surface area contributed by atoms with Crippen molar-refractivity contribution in [2.45, 2.75) is 0 Å². The fraction of sp³-hybridized carbons (Fsp3) is 0. The van der Waals surface area contributed by atoms with Crippen molar-refractivity contribution in [3.05, 3.63) is 206 Å². The summed E-state index contributed by atoms with van der Waals surface area (Å²) in [6.07, 6.45) is 0. The summed E-state index contributed by atoms with van der Waals surface area (Å²) >= 11 is 0. The van der Waals surface area contributed by atoms with Crippen molar-refractivity contribution in [1.29, 1.82) is 0 Å². The van der Waals surface area contributed by atoms with Crippen LogP contribution in [0.25, 0.3) is 121 Å². The Bertz CT molecular complexity index is 3660. The standard InChI is InChI=1S/C56H34N4/c1-2-8-36(9-3-1)49-29-25-39-15-16-40-26-30-52(60-56(40)55(39)59-49)45-22-18-41-31-44(21-17-42(41)32-45)50-27-23-38-14-20-46(34-54(38)57-50)51-28-24-37-13-19-43(33-53(37)58-51)48-12-6-10-35-7-4-5-11-47(35)48/h1-34H. The maximum Gasteiger partial charge on any atom is 0.0972 e. The molecule has 0 aliphatic carbocycles. The molecule has 0 saturated heterocycles. The highest BCUT2D eigenvalue weighted by Gasteiger charge is 2.12. The highest BCUT2D eigenvalue weighted by atomic mass is 14.8. The lowest BCUT2D eigenvalue weighted by Crippen LogP contribution is -1.91. The predicted octanol–water partition coefficient (Wildman–Crippen LogP) is 14.5. The maximum atomic E-state index is 5.20. The minimum Gasteiger partial charge on any atom is -0.248 e. The lowest BCUT2D eigenvalue weighted by Gasteiger charge is -2.10. The topological polar surface area (TPSA) is 51.6 Å². The van der Waals surface area contributed by atoms with Crippen molar-refractivity contribution < 1.29 is 0 Å². The largest absolute Gasteiger partial charge is 0.248 e. The van der Waals surface area contributed by atoms with E-state index in [9.17, 15) is 0 Å². The molecule has 60 heavy (non-hydrogen) atoms. The highest BCUT2D eigenvalue weighted by molar-refractivity contribution is 6.04. The number of fused-ring (bicyclic) bond motifs is 7. The van der Waals surface area contributed by atoms with Gasteiger partial charge in [-0.2, -0.15) is 0 Å². The van der Waals surface area contributed by atoms with E-state index in [1.807, 2.05) is 18.2 Å². The number of aromatic nitrogens is 4. The van der Waals surface area contributed by atoms with E-state index in [2.05, 4.69) is 188 Å². The Morgan fingerprint density at radius 3 is 1.30 bits per heavy atom. The molecule has 4 nitrogen and oxygen atoms in total. The van der Waals surface area contributed by atoms with Crippen LogP contribution >= 0.6 is 0 Å². The highest BCUT2D eigenvalue weighted by Crippen LogP contribution is 2.34. The van der Waals surface area contributed by atoms with E-state index in [1.54, 1.807) is 0 Å². The van der Waals surface area contributed by atoms with Crippen molar-refractivity contribution >= 4 is 65.2 Å². The van der Waals surface area contributed by atoms with E-state index in [-0.39, 0.29) is 0 Å². The molecule has 4 heteroatoms. The molecule has 0 radical (unpaired) electrons. The molecule has 0 amide bonds. The maximum absolute atomic E-state index is 5.20. The molecule has 0 bridgehead atoms. The van der Waals surface area contributed by atoms with Crippen LogP contribution in [0, 0.1) is 0 Å². The Balaban J connectivity index is 0.859. The fourth-order valence-corrected chi connectivity index (χ4v) is 8.62. The molecule has 0 aliphatic heterocycles. The SMILES string of the molecule is c1ccc(-c2ccc3ccc4ccc(-c5ccc6cc(-c7ccc8ccc(-c9ccc%10ccc(-c%11cccc%12ccccc%11%12)cc%10n9)cc8n7)ccc6c5)nc4c3n2)cc1. The molecule has 278 valence electrons. The van der Waals surface area contributed by atoms with Crippen LogP contribution in [0.3, 0.4) is 0 Å². The van der Waals surface area contributed by atoms with Gasteiger partial charge in [0.15, 0.2) is 0 Å². The Kier molecular flexibility index (Phi) is 7.82. The van der Waals surface area contributed by atoms with Crippen LogP contribution in [0.4, 0.5) is 0 Å². The predicted molar refractivity (Wildman–Crippen MR) is 250 cm³/mol. The van der Waals surface area contributed by atoms with Gasteiger partial charge in [0.2, 0.25) is 0 Å². The van der Waals surface area contributed by atoms with E-state index in [4.69, 9.17) is 19.9 Å². The molecule has 12 rings (SSSR count). The zero-order valence-electron chi connectivity index (χ0n) is 32.4. The Hall–Kier alpha value is -8.08. The van der Waals surface area contributed by atoms with Gasteiger partial charge >= 0.3 is 0 Å². The minimum absolute atomic E-state index is 0.909. The quantitative estimate of drug-likeness (QED) is 0.164. The smallest absolute Gasteiger partial charge is 0.0972 e. The minimum atomic E-state index is 0.909. The lowest BCUT2D eigenvalue weighted by molar-refractivity contribution is 1.37. The van der Waals surface area contributed by atoms with Crippen LogP contribution in [0.5, 0.6) is 0 Å². The van der Waals surface area contributed by atoms with Crippen molar-refractivity contribution in [3.8, 4) is 56.2 Å². The van der Waals surface area contributed by atoms with E-state index in [1.165, 1.54) is 16.3 Å². The van der Waals surface area contributed by atoms with Crippen LogP contribution < -0.4 is 0 Å². The Morgan fingerprint density at radius 2 is 0.667 bits per heavy atom. The molecule has 0 unspecified atom stereocenters. The molecule has 0 N–H and O–H groups in total. The summed E-state index contributed by atoms with van der Waals surface area (Å²) in [6, 6.07) is 72.8. The molecular weight excluding hydrogens is 729 g/mol. The zero-order valence-corrected chi connectivity index (χ0v) is 32.4. The third kappa shape index (κ3) is 5.93. The van der Waals surface area contributed by atoms with Gasteiger partial charge in [0, 0.05) is 43.8 Å². The molecule has 0 fully saturated rings. The first kappa shape index (κ1) is 34.0. The first-order valence-corrected chi connectivity index (χ1v) is 20.3. The Labute approximate surface area is 346 Å². The zero-order chi connectivity index (χ0) is 39.6. The molecule has 0 atom stereocenters. The van der Waals surface area contributed by atoms with Crippen LogP contribution in [-0.2, 0) is 0 Å². The number of rotatable bonds is 5. The second-order valence-corrected chi connectivity index (χ2v) is 15.5. The third-order valence-corrected chi connectivity index (χ3v) is 11.8. The summed E-state index contributed by atoms with van der Waals surface area (Å²) in [4.78, 5) is 20.7. The van der Waals surface area contributed by atoms with Crippen molar-refractivity contribution in [2.75, 3.05) is 0 Å². The second-order valence-electron chi connectivity index (χ2n) is 15.5. The summed E-state index contributed by atoms with van der Waals surface area (Å²) in [6.45, 7) is 0. The lowest BCUT2D eigenvalue weighted by atomic mass is 9.97. The molecule has 12 aromatic rings. The first-order valence-electron chi connectivity index (χ1n) is 20.3. The number of nitrogens with zero attached hydrogens (tertiary/aromatic N) is 4. The van der Waals surface area contributed by atoms with E-state index < -0.39 is 0 Å². The Morgan fingerprint density at radius 1 is 0.233 bits per heavy atom. The van der Waals surface area contributed by atoms with Crippen LogP contribution in [0.15, 0.2) is 206 Å². The van der Waals surface area contributed by atoms with Crippen LogP contribution in [0.2, 0.25) is 0 Å². The fourth-order valence-electron chi connectivity index (χ4n) is 8.62. The number of hydrogen-bond acceptors (Lipinski definition) is 4. The third-order valence-electron chi connectivity index (χ3n) is 11.8. The van der Waals surface area contributed by atoms with Gasteiger partial charge in [-0.05, 0) is 81.2 Å². The van der Waals surface area contributed by atoms with E-state index in [0.29, 0.717) is 0 Å². The summed E-state index contributed by atoms with van der Waals surface area (Å²) in [7, 11) is 0.